The average Bonchev–Trinajstić information content (AvgIpc) is 3.31. The second kappa shape index (κ2) is 14.0. The van der Waals surface area contributed by atoms with E-state index in [9.17, 15) is 4.79 Å². The highest BCUT2D eigenvalue weighted by atomic mass is 32.1. The van der Waals surface area contributed by atoms with Gasteiger partial charge in [-0.05, 0) is 40.2 Å². The predicted octanol–water partition coefficient (Wildman–Crippen LogP) is 3.20. The minimum atomic E-state index is -0.145. The predicted molar refractivity (Wildman–Crippen MR) is 135 cm³/mol. The Labute approximate surface area is 211 Å². The van der Waals surface area contributed by atoms with E-state index in [4.69, 9.17) is 14.7 Å². The van der Waals surface area contributed by atoms with Crippen molar-refractivity contribution in [3.8, 4) is 6.07 Å². The summed E-state index contributed by atoms with van der Waals surface area (Å²) in [5.41, 5.74) is 1.35. The number of thiazole rings is 1. The molecule has 3 heterocycles. The molecule has 0 radical (unpaired) electrons. The van der Waals surface area contributed by atoms with Crippen LogP contribution in [-0.2, 0) is 9.47 Å². The van der Waals surface area contributed by atoms with Gasteiger partial charge in [-0.15, -0.1) is 11.3 Å². The molecule has 0 bridgehead atoms. The Balaban J connectivity index is 1.68. The minimum Gasteiger partial charge on any atom is -0.380 e. The maximum atomic E-state index is 13.1. The van der Waals surface area contributed by atoms with Gasteiger partial charge in [-0.25, -0.2) is 15.0 Å². The minimum absolute atomic E-state index is 0.145. The van der Waals surface area contributed by atoms with Crippen LogP contribution in [0.1, 0.15) is 54.6 Å². The van der Waals surface area contributed by atoms with Crippen LogP contribution in [0.5, 0.6) is 0 Å². The highest BCUT2D eigenvalue weighted by Crippen LogP contribution is 2.28. The second-order valence-electron chi connectivity index (χ2n) is 8.31. The highest BCUT2D eigenvalue weighted by molar-refractivity contribution is 7.14. The summed E-state index contributed by atoms with van der Waals surface area (Å²) in [6.45, 7) is 11.1. The van der Waals surface area contributed by atoms with Crippen LogP contribution in [0.2, 0.25) is 0 Å². The smallest absolute Gasteiger partial charge is 0.273 e. The monoisotopic (exact) mass is 501 g/mol. The molecule has 1 unspecified atom stereocenters. The van der Waals surface area contributed by atoms with Gasteiger partial charge in [0.15, 0.2) is 5.13 Å². The molecule has 2 aromatic rings. The molecule has 3 rings (SSSR count). The van der Waals surface area contributed by atoms with E-state index in [0.717, 1.165) is 31.6 Å². The maximum Gasteiger partial charge on any atom is 0.273 e. The van der Waals surface area contributed by atoms with E-state index in [1.165, 1.54) is 11.3 Å². The number of carbonyl (C=O) groups excluding carboxylic acids is 1. The number of rotatable bonds is 13. The van der Waals surface area contributed by atoms with Crippen molar-refractivity contribution in [2.24, 2.45) is 0 Å². The summed E-state index contributed by atoms with van der Waals surface area (Å²) in [7, 11) is 0. The van der Waals surface area contributed by atoms with Gasteiger partial charge < -0.3 is 19.7 Å². The number of amides is 1. The zero-order valence-corrected chi connectivity index (χ0v) is 21.6. The van der Waals surface area contributed by atoms with Gasteiger partial charge in [-0.1, -0.05) is 0 Å². The van der Waals surface area contributed by atoms with Gasteiger partial charge in [-0.2, -0.15) is 5.26 Å². The van der Waals surface area contributed by atoms with E-state index in [-0.39, 0.29) is 11.8 Å². The number of likely N-dealkylation sites (tertiary alicyclic amines) is 1. The van der Waals surface area contributed by atoms with Gasteiger partial charge in [0.25, 0.3) is 5.91 Å². The number of nitrogens with one attached hydrogen (secondary N) is 1. The average molecular weight is 502 g/mol. The third-order valence-corrected chi connectivity index (χ3v) is 6.50. The zero-order chi connectivity index (χ0) is 25.0. The molecule has 190 valence electrons. The topological polar surface area (TPSA) is 117 Å². The van der Waals surface area contributed by atoms with Crippen LogP contribution in [0, 0.1) is 18.3 Å². The van der Waals surface area contributed by atoms with Crippen molar-refractivity contribution in [1.29, 1.82) is 5.26 Å². The fraction of sp³-hybridized carbons (Fsp3) is 0.625. The number of nitrogens with zero attached hydrogens (tertiary/aromatic N) is 6. The molecule has 1 saturated heterocycles. The summed E-state index contributed by atoms with van der Waals surface area (Å²) in [6, 6.07) is 4.19. The van der Waals surface area contributed by atoms with Crippen molar-refractivity contribution in [1.82, 2.24) is 24.8 Å². The van der Waals surface area contributed by atoms with Crippen molar-refractivity contribution in [3.05, 3.63) is 28.7 Å². The van der Waals surface area contributed by atoms with Crippen molar-refractivity contribution in [3.63, 3.8) is 0 Å². The van der Waals surface area contributed by atoms with E-state index >= 15 is 0 Å². The molecule has 1 atom stereocenters. The number of anilines is 2. The Hall–Kier alpha value is -2.65. The zero-order valence-electron chi connectivity index (χ0n) is 20.8. The standard InChI is InChI=1S/C24H35N7O3S/c1-4-33-13-11-31(12-14-34-5-2)23(32)21-17-35-24(28-21)29-22-15-20(26-18(3)27-22)19-7-6-9-30(16-19)10-8-25/h15,17,19H,4-7,9-14,16H2,1-3H3,(H,26,27,28,29). The largest absolute Gasteiger partial charge is 0.380 e. The van der Waals surface area contributed by atoms with Crippen LogP contribution in [-0.4, -0.2) is 89.8 Å². The summed E-state index contributed by atoms with van der Waals surface area (Å²) < 4.78 is 10.9. The number of carbonyl (C=O) groups is 1. The molecule has 1 amide bonds. The van der Waals surface area contributed by atoms with Crippen LogP contribution in [0.4, 0.5) is 10.9 Å². The molecule has 10 nitrogen and oxygen atoms in total. The van der Waals surface area contributed by atoms with Crippen molar-refractivity contribution in [2.75, 3.05) is 64.5 Å². The van der Waals surface area contributed by atoms with Gasteiger partial charge in [0.2, 0.25) is 0 Å². The summed E-state index contributed by atoms with van der Waals surface area (Å²) >= 11 is 1.36. The third kappa shape index (κ3) is 8.21. The van der Waals surface area contributed by atoms with Gasteiger partial charge in [0.05, 0.1) is 31.5 Å². The summed E-state index contributed by atoms with van der Waals surface area (Å²) in [5.74, 6) is 1.45. The fourth-order valence-electron chi connectivity index (χ4n) is 4.06. The number of aryl methyl sites for hydroxylation is 1. The van der Waals surface area contributed by atoms with Crippen LogP contribution in [0.25, 0.3) is 0 Å². The first-order chi connectivity index (χ1) is 17.0. The quantitative estimate of drug-likeness (QED) is 0.326. The van der Waals surface area contributed by atoms with E-state index in [0.29, 0.717) is 68.5 Å². The summed E-state index contributed by atoms with van der Waals surface area (Å²) in [5, 5.41) is 14.6. The van der Waals surface area contributed by atoms with Crippen molar-refractivity contribution >= 4 is 28.2 Å². The first-order valence-corrected chi connectivity index (χ1v) is 13.0. The summed E-state index contributed by atoms with van der Waals surface area (Å²) in [4.78, 5) is 30.7. The molecule has 0 aliphatic carbocycles. The Morgan fingerprint density at radius 3 is 2.69 bits per heavy atom. The van der Waals surface area contributed by atoms with Crippen LogP contribution in [0.15, 0.2) is 11.4 Å². The van der Waals surface area contributed by atoms with Gasteiger partial charge >= 0.3 is 0 Å². The molecule has 35 heavy (non-hydrogen) atoms. The molecule has 1 aliphatic heterocycles. The lowest BCUT2D eigenvalue weighted by Crippen LogP contribution is -2.37. The molecule has 0 aromatic carbocycles. The molecule has 2 aromatic heterocycles. The van der Waals surface area contributed by atoms with Crippen LogP contribution in [0.3, 0.4) is 0 Å². The van der Waals surface area contributed by atoms with Crippen LogP contribution >= 0.6 is 11.3 Å². The molecule has 0 saturated carbocycles. The van der Waals surface area contributed by atoms with E-state index in [1.54, 1.807) is 10.3 Å². The number of aromatic nitrogens is 3. The number of hydrogen-bond donors (Lipinski definition) is 1. The van der Waals surface area contributed by atoms with Gasteiger partial charge in [-0.3, -0.25) is 9.69 Å². The Morgan fingerprint density at radius 2 is 2.00 bits per heavy atom. The fourth-order valence-corrected chi connectivity index (χ4v) is 4.75. The Morgan fingerprint density at radius 1 is 1.26 bits per heavy atom. The SMILES string of the molecule is CCOCCN(CCOCC)C(=O)c1csc(Nc2cc(C3CCCN(CC#N)C3)nc(C)n2)n1. The lowest BCUT2D eigenvalue weighted by molar-refractivity contribution is 0.0546. The molecule has 1 fully saturated rings. The van der Waals surface area contributed by atoms with Crippen molar-refractivity contribution in [2.45, 2.75) is 39.5 Å². The first-order valence-electron chi connectivity index (χ1n) is 12.2. The number of ether oxygens (including phenoxy) is 2. The third-order valence-electron chi connectivity index (χ3n) is 5.74. The van der Waals surface area contributed by atoms with Crippen molar-refractivity contribution < 1.29 is 14.3 Å². The molecular formula is C24H35N7O3S. The first kappa shape index (κ1) is 26.9. The molecule has 1 aliphatic rings. The molecular weight excluding hydrogens is 466 g/mol. The number of piperidine rings is 1. The molecule has 1 N–H and O–H groups in total. The van der Waals surface area contributed by atoms with Crippen LogP contribution < -0.4 is 5.32 Å². The molecule has 11 heteroatoms. The van der Waals surface area contributed by atoms with E-state index in [1.807, 2.05) is 26.8 Å². The normalized spacial score (nSPS) is 16.1. The Bertz CT molecular complexity index is 984. The van der Waals surface area contributed by atoms with E-state index < -0.39 is 0 Å². The summed E-state index contributed by atoms with van der Waals surface area (Å²) in [6.07, 6.45) is 2.08. The highest BCUT2D eigenvalue weighted by Gasteiger charge is 2.23. The van der Waals surface area contributed by atoms with Gasteiger partial charge in [0, 0.05) is 50.2 Å². The lowest BCUT2D eigenvalue weighted by atomic mass is 9.94. The maximum absolute atomic E-state index is 13.1. The molecule has 0 spiro atoms. The second-order valence-corrected chi connectivity index (χ2v) is 9.16. The number of nitriles is 1. The van der Waals surface area contributed by atoms with E-state index in [2.05, 4.69) is 31.2 Å². The van der Waals surface area contributed by atoms with Gasteiger partial charge in [0.1, 0.15) is 17.3 Å². The number of hydrogen-bond acceptors (Lipinski definition) is 10. The lowest BCUT2D eigenvalue weighted by Gasteiger charge is -2.30. The Kier molecular flexibility index (Phi) is 10.8.